The SMILES string of the molecule is COc1cc(/C=N/NC(=O)c2ccccc2NC(=O)c2ccc(OC)c(OC)c2)cc(OC)c1. The van der Waals surface area contributed by atoms with Gasteiger partial charge in [0, 0.05) is 17.2 Å². The van der Waals surface area contributed by atoms with Gasteiger partial charge in [0.1, 0.15) is 11.5 Å². The number of nitrogens with one attached hydrogen (secondary N) is 2. The molecular formula is C25H25N3O6. The molecule has 0 heterocycles. The highest BCUT2D eigenvalue weighted by atomic mass is 16.5. The van der Waals surface area contributed by atoms with Crippen LogP contribution in [-0.2, 0) is 0 Å². The number of para-hydroxylation sites is 1. The molecule has 0 radical (unpaired) electrons. The minimum atomic E-state index is -0.491. The molecule has 0 atom stereocenters. The van der Waals surface area contributed by atoms with Crippen LogP contribution in [0.3, 0.4) is 0 Å². The first-order valence-corrected chi connectivity index (χ1v) is 10.2. The van der Waals surface area contributed by atoms with Crippen LogP contribution in [0.2, 0.25) is 0 Å². The quantitative estimate of drug-likeness (QED) is 0.370. The molecule has 0 aliphatic carbocycles. The summed E-state index contributed by atoms with van der Waals surface area (Å²) in [4.78, 5) is 25.5. The number of methoxy groups -OCH3 is 4. The highest BCUT2D eigenvalue weighted by Crippen LogP contribution is 2.28. The van der Waals surface area contributed by atoms with Gasteiger partial charge in [-0.15, -0.1) is 0 Å². The van der Waals surface area contributed by atoms with Crippen LogP contribution >= 0.6 is 0 Å². The number of nitrogens with zero attached hydrogens (tertiary/aromatic N) is 1. The van der Waals surface area contributed by atoms with Gasteiger partial charge in [0.25, 0.3) is 11.8 Å². The summed E-state index contributed by atoms with van der Waals surface area (Å²) in [5.41, 5.74) is 4.07. The molecule has 0 spiro atoms. The van der Waals surface area contributed by atoms with E-state index in [9.17, 15) is 9.59 Å². The third-order valence-corrected chi connectivity index (χ3v) is 4.82. The van der Waals surface area contributed by atoms with E-state index in [2.05, 4.69) is 15.8 Å². The molecule has 3 aromatic carbocycles. The number of rotatable bonds is 9. The number of anilines is 1. The molecule has 3 aromatic rings. The highest BCUT2D eigenvalue weighted by Gasteiger charge is 2.15. The maximum atomic E-state index is 12.8. The molecule has 0 saturated heterocycles. The molecule has 2 amide bonds. The third kappa shape index (κ3) is 5.83. The lowest BCUT2D eigenvalue weighted by Crippen LogP contribution is -2.21. The zero-order valence-corrected chi connectivity index (χ0v) is 19.2. The summed E-state index contributed by atoms with van der Waals surface area (Å²) in [6.45, 7) is 0. The van der Waals surface area contributed by atoms with Crippen LogP contribution in [0.1, 0.15) is 26.3 Å². The molecular weight excluding hydrogens is 438 g/mol. The van der Waals surface area contributed by atoms with Gasteiger partial charge in [-0.2, -0.15) is 5.10 Å². The Balaban J connectivity index is 1.74. The van der Waals surface area contributed by atoms with Gasteiger partial charge >= 0.3 is 0 Å². The number of amides is 2. The van der Waals surface area contributed by atoms with Crippen molar-refractivity contribution in [1.29, 1.82) is 0 Å². The smallest absolute Gasteiger partial charge is 0.273 e. The minimum Gasteiger partial charge on any atom is -0.497 e. The molecule has 3 rings (SSSR count). The number of hydrogen-bond donors (Lipinski definition) is 2. The Labute approximate surface area is 197 Å². The van der Waals surface area contributed by atoms with Crippen molar-refractivity contribution in [2.45, 2.75) is 0 Å². The monoisotopic (exact) mass is 463 g/mol. The van der Waals surface area contributed by atoms with Gasteiger partial charge in [0.15, 0.2) is 11.5 Å². The van der Waals surface area contributed by atoms with Gasteiger partial charge in [0.05, 0.1) is 45.9 Å². The molecule has 0 aromatic heterocycles. The van der Waals surface area contributed by atoms with E-state index in [4.69, 9.17) is 18.9 Å². The zero-order chi connectivity index (χ0) is 24.5. The van der Waals surface area contributed by atoms with Crippen molar-refractivity contribution in [1.82, 2.24) is 5.43 Å². The van der Waals surface area contributed by atoms with Crippen LogP contribution in [0, 0.1) is 0 Å². The van der Waals surface area contributed by atoms with E-state index < -0.39 is 11.8 Å². The van der Waals surface area contributed by atoms with Crippen molar-refractivity contribution in [3.8, 4) is 23.0 Å². The second kappa shape index (κ2) is 11.4. The van der Waals surface area contributed by atoms with Crippen molar-refractivity contribution >= 4 is 23.7 Å². The number of carbonyl (C=O) groups excluding carboxylic acids is 2. The summed E-state index contributed by atoms with van der Waals surface area (Å²) >= 11 is 0. The molecule has 9 nitrogen and oxygen atoms in total. The van der Waals surface area contributed by atoms with Gasteiger partial charge in [-0.25, -0.2) is 5.43 Å². The maximum Gasteiger partial charge on any atom is 0.273 e. The maximum absolute atomic E-state index is 12.8. The lowest BCUT2D eigenvalue weighted by Gasteiger charge is -2.12. The van der Waals surface area contributed by atoms with E-state index in [1.165, 1.54) is 20.4 Å². The van der Waals surface area contributed by atoms with Crippen molar-refractivity contribution in [3.05, 3.63) is 77.4 Å². The van der Waals surface area contributed by atoms with Crippen molar-refractivity contribution < 1.29 is 28.5 Å². The predicted molar refractivity (Wildman–Crippen MR) is 129 cm³/mol. The Morgan fingerprint density at radius 2 is 1.44 bits per heavy atom. The van der Waals surface area contributed by atoms with E-state index >= 15 is 0 Å². The topological polar surface area (TPSA) is 107 Å². The number of ether oxygens (including phenoxy) is 4. The van der Waals surface area contributed by atoms with Gasteiger partial charge < -0.3 is 24.3 Å². The summed E-state index contributed by atoms with van der Waals surface area (Å²) in [6.07, 6.45) is 1.47. The van der Waals surface area contributed by atoms with Crippen LogP contribution in [0.15, 0.2) is 65.8 Å². The molecule has 0 saturated carbocycles. The molecule has 0 aliphatic rings. The Kier molecular flexibility index (Phi) is 8.07. The number of hydrogen-bond acceptors (Lipinski definition) is 7. The fourth-order valence-corrected chi connectivity index (χ4v) is 3.09. The molecule has 2 N–H and O–H groups in total. The van der Waals surface area contributed by atoms with Crippen LogP contribution in [0.4, 0.5) is 5.69 Å². The number of carbonyl (C=O) groups is 2. The van der Waals surface area contributed by atoms with E-state index in [0.29, 0.717) is 39.8 Å². The summed E-state index contributed by atoms with van der Waals surface area (Å²) in [5, 5.41) is 6.76. The van der Waals surface area contributed by atoms with Crippen molar-refractivity contribution in [2.24, 2.45) is 5.10 Å². The fraction of sp³-hybridized carbons (Fsp3) is 0.160. The molecule has 0 unspecified atom stereocenters. The predicted octanol–water partition coefficient (Wildman–Crippen LogP) is 3.74. The van der Waals surface area contributed by atoms with Crippen LogP contribution < -0.4 is 29.7 Å². The first kappa shape index (κ1) is 24.1. The average molecular weight is 463 g/mol. The number of benzene rings is 3. The van der Waals surface area contributed by atoms with Crippen molar-refractivity contribution in [3.63, 3.8) is 0 Å². The average Bonchev–Trinajstić information content (AvgIpc) is 2.88. The second-order valence-corrected chi connectivity index (χ2v) is 6.91. The molecule has 0 fully saturated rings. The van der Waals surface area contributed by atoms with Crippen LogP contribution in [0.5, 0.6) is 23.0 Å². The van der Waals surface area contributed by atoms with E-state index in [1.807, 2.05) is 0 Å². The Morgan fingerprint density at radius 1 is 0.765 bits per heavy atom. The first-order chi connectivity index (χ1) is 16.5. The summed E-state index contributed by atoms with van der Waals surface area (Å²) in [5.74, 6) is 1.21. The van der Waals surface area contributed by atoms with Gasteiger partial charge in [-0.1, -0.05) is 12.1 Å². The first-order valence-electron chi connectivity index (χ1n) is 10.2. The summed E-state index contributed by atoms with van der Waals surface area (Å²) in [6, 6.07) is 16.6. The fourth-order valence-electron chi connectivity index (χ4n) is 3.09. The zero-order valence-electron chi connectivity index (χ0n) is 19.2. The van der Waals surface area contributed by atoms with E-state index in [0.717, 1.165) is 0 Å². The molecule has 34 heavy (non-hydrogen) atoms. The standard InChI is InChI=1S/C25H25N3O6/c1-31-18-11-16(12-19(14-18)32-2)15-26-28-25(30)20-7-5-6-8-21(20)27-24(29)17-9-10-22(33-3)23(13-17)34-4/h5-15H,1-4H3,(H,27,29)(H,28,30)/b26-15+. The summed E-state index contributed by atoms with van der Waals surface area (Å²) in [7, 11) is 6.09. The Morgan fingerprint density at radius 3 is 2.09 bits per heavy atom. The molecule has 0 bridgehead atoms. The van der Waals surface area contributed by atoms with Crippen LogP contribution in [-0.4, -0.2) is 46.5 Å². The lowest BCUT2D eigenvalue weighted by atomic mass is 10.1. The highest BCUT2D eigenvalue weighted by molar-refractivity contribution is 6.09. The Hall–Kier alpha value is -4.53. The normalized spacial score (nSPS) is 10.5. The minimum absolute atomic E-state index is 0.247. The molecule has 176 valence electrons. The Bertz CT molecular complexity index is 1190. The van der Waals surface area contributed by atoms with Crippen LogP contribution in [0.25, 0.3) is 0 Å². The summed E-state index contributed by atoms with van der Waals surface area (Å²) < 4.78 is 20.9. The third-order valence-electron chi connectivity index (χ3n) is 4.82. The number of hydrazone groups is 1. The van der Waals surface area contributed by atoms with Crippen molar-refractivity contribution in [2.75, 3.05) is 33.8 Å². The largest absolute Gasteiger partial charge is 0.497 e. The van der Waals surface area contributed by atoms with E-state index in [-0.39, 0.29) is 5.56 Å². The van der Waals surface area contributed by atoms with Gasteiger partial charge in [-0.3, -0.25) is 9.59 Å². The molecule has 0 aliphatic heterocycles. The molecule has 9 heteroatoms. The van der Waals surface area contributed by atoms with Gasteiger partial charge in [-0.05, 0) is 42.5 Å². The van der Waals surface area contributed by atoms with Gasteiger partial charge in [0.2, 0.25) is 0 Å². The van der Waals surface area contributed by atoms with E-state index in [1.54, 1.807) is 74.9 Å². The lowest BCUT2D eigenvalue weighted by molar-refractivity contribution is 0.0956. The second-order valence-electron chi connectivity index (χ2n) is 6.91.